The maximum atomic E-state index is 9.99. The van der Waals surface area contributed by atoms with Crippen molar-refractivity contribution in [3.05, 3.63) is 0 Å². The van der Waals surface area contributed by atoms with Crippen molar-refractivity contribution >= 4 is 5.78 Å². The molecule has 1 fully saturated rings. The molecule has 1 aliphatic carbocycles. The minimum atomic E-state index is -0.0370. The smallest absolute Gasteiger partial charge is 0.165 e. The molecule has 6 heavy (non-hydrogen) atoms. The monoisotopic (exact) mass is 86.0 g/mol. The Bertz CT molecular complexity index is 77.6. The minimum absolute atomic E-state index is 0.0370. The number of hydrogen-bond acceptors (Lipinski definition) is 2. The average molecular weight is 86.1 g/mol. The summed E-state index contributed by atoms with van der Waals surface area (Å²) in [6, 6.07) is 0. The van der Waals surface area contributed by atoms with Crippen LogP contribution in [0.25, 0.3) is 0 Å². The van der Waals surface area contributed by atoms with Gasteiger partial charge >= 0.3 is 0 Å². The molecule has 1 aliphatic rings. The molecule has 0 aromatic carbocycles. The Hall–Kier alpha value is -0.370. The van der Waals surface area contributed by atoms with Crippen molar-refractivity contribution in [3.8, 4) is 0 Å². The Morgan fingerprint density at radius 2 is 2.50 bits per heavy atom. The third-order valence-corrected chi connectivity index (χ3v) is 0.870. The van der Waals surface area contributed by atoms with Crippen LogP contribution in [0.1, 0.15) is 6.42 Å². The van der Waals surface area contributed by atoms with Gasteiger partial charge in [-0.25, -0.2) is 0 Å². The lowest BCUT2D eigenvalue weighted by Crippen LogP contribution is -1.86. The van der Waals surface area contributed by atoms with Crippen molar-refractivity contribution < 1.29 is 9.53 Å². The summed E-state index contributed by atoms with van der Waals surface area (Å²) >= 11 is 0. The second-order valence-electron chi connectivity index (χ2n) is 1.39. The normalized spacial score (nSPS) is 30.8. The second kappa shape index (κ2) is 1.05. The first-order valence-electron chi connectivity index (χ1n) is 1.90. The molecular formula is C4H6O2. The average Bonchev–Trinajstić information content (AvgIpc) is 2.19. The molecule has 2 nitrogen and oxygen atoms in total. The van der Waals surface area contributed by atoms with Gasteiger partial charge in [-0.3, -0.25) is 4.79 Å². The van der Waals surface area contributed by atoms with E-state index < -0.39 is 0 Å². The van der Waals surface area contributed by atoms with E-state index in [1.807, 2.05) is 0 Å². The molecule has 0 aromatic heterocycles. The van der Waals surface area contributed by atoms with Gasteiger partial charge in [0.2, 0.25) is 0 Å². The van der Waals surface area contributed by atoms with Crippen LogP contribution >= 0.6 is 0 Å². The number of methoxy groups -OCH3 is 1. The Labute approximate surface area is 36.1 Å². The maximum absolute atomic E-state index is 9.99. The van der Waals surface area contributed by atoms with Gasteiger partial charge in [0.05, 0.1) is 0 Å². The molecule has 0 spiro atoms. The fraction of sp³-hybridized carbons (Fsp3) is 0.750. The van der Waals surface area contributed by atoms with Crippen molar-refractivity contribution in [2.24, 2.45) is 0 Å². The first kappa shape index (κ1) is 3.81. The van der Waals surface area contributed by atoms with E-state index in [1.54, 1.807) is 7.11 Å². The molecule has 0 aliphatic heterocycles. The Morgan fingerprint density at radius 1 is 2.00 bits per heavy atom. The second-order valence-corrected chi connectivity index (χ2v) is 1.39. The first-order chi connectivity index (χ1) is 2.84. The number of rotatable bonds is 1. The molecule has 0 saturated heterocycles. The number of hydrogen-bond donors (Lipinski definition) is 0. The van der Waals surface area contributed by atoms with Gasteiger partial charge in [0, 0.05) is 13.5 Å². The fourth-order valence-electron chi connectivity index (χ4n) is 0.339. The summed E-state index contributed by atoms with van der Waals surface area (Å²) in [5.41, 5.74) is 0. The summed E-state index contributed by atoms with van der Waals surface area (Å²) in [5, 5.41) is 0. The van der Waals surface area contributed by atoms with Crippen LogP contribution in [0.2, 0.25) is 0 Å². The van der Waals surface area contributed by atoms with Crippen LogP contribution in [0, 0.1) is 0 Å². The Kier molecular flexibility index (Phi) is 0.665. The maximum Gasteiger partial charge on any atom is 0.165 e. The van der Waals surface area contributed by atoms with Crippen LogP contribution in [-0.2, 0) is 9.53 Å². The van der Waals surface area contributed by atoms with Crippen molar-refractivity contribution in [2.45, 2.75) is 12.5 Å². The van der Waals surface area contributed by atoms with E-state index in [0.29, 0.717) is 6.42 Å². The largest absolute Gasteiger partial charge is 0.373 e. The summed E-state index contributed by atoms with van der Waals surface area (Å²) in [7, 11) is 1.55. The van der Waals surface area contributed by atoms with Crippen molar-refractivity contribution in [1.29, 1.82) is 0 Å². The van der Waals surface area contributed by atoms with Crippen LogP contribution in [-0.4, -0.2) is 19.0 Å². The topological polar surface area (TPSA) is 26.3 Å². The van der Waals surface area contributed by atoms with Gasteiger partial charge in [0.1, 0.15) is 6.10 Å². The SMILES string of the molecule is COC1CC1=O. The van der Waals surface area contributed by atoms with E-state index in [9.17, 15) is 4.79 Å². The van der Waals surface area contributed by atoms with E-state index in [2.05, 4.69) is 4.74 Å². The molecule has 0 bridgehead atoms. The summed E-state index contributed by atoms with van der Waals surface area (Å²) in [4.78, 5) is 9.99. The third-order valence-electron chi connectivity index (χ3n) is 0.870. The highest BCUT2D eigenvalue weighted by Crippen LogP contribution is 2.16. The summed E-state index contributed by atoms with van der Waals surface area (Å²) in [6.07, 6.45) is 0.598. The lowest BCUT2D eigenvalue weighted by molar-refractivity contribution is -0.113. The molecule has 0 aromatic rings. The number of carbonyl (C=O) groups is 1. The fourth-order valence-corrected chi connectivity index (χ4v) is 0.339. The lowest BCUT2D eigenvalue weighted by atomic mass is 10.8. The zero-order valence-electron chi connectivity index (χ0n) is 3.60. The molecule has 2 heteroatoms. The molecule has 0 N–H and O–H groups in total. The molecule has 1 rings (SSSR count). The van der Waals surface area contributed by atoms with E-state index >= 15 is 0 Å². The highest BCUT2D eigenvalue weighted by molar-refractivity contribution is 5.98. The van der Waals surface area contributed by atoms with Crippen molar-refractivity contribution in [1.82, 2.24) is 0 Å². The summed E-state index contributed by atoms with van der Waals surface area (Å²) < 4.78 is 4.62. The standard InChI is InChI=1S/C4H6O2/c1-6-4-2-3(4)5/h4H,2H2,1H3. The van der Waals surface area contributed by atoms with Gasteiger partial charge in [0.15, 0.2) is 5.78 Å². The summed E-state index contributed by atoms with van der Waals surface area (Å²) in [5.74, 6) is 0.234. The zero-order valence-corrected chi connectivity index (χ0v) is 3.60. The van der Waals surface area contributed by atoms with Crippen LogP contribution in [0.5, 0.6) is 0 Å². The Morgan fingerprint density at radius 3 is 2.50 bits per heavy atom. The van der Waals surface area contributed by atoms with Gasteiger partial charge in [-0.15, -0.1) is 0 Å². The quantitative estimate of drug-likeness (QED) is 0.448. The lowest BCUT2D eigenvalue weighted by Gasteiger charge is -1.78. The third kappa shape index (κ3) is 0.431. The Balaban J connectivity index is 2.26. The number of Topliss-reactive ketones (excluding diaryl/α,β-unsaturated/α-hetero) is 1. The first-order valence-corrected chi connectivity index (χ1v) is 1.90. The molecule has 0 amide bonds. The number of ether oxygens (including phenoxy) is 1. The summed E-state index contributed by atoms with van der Waals surface area (Å²) in [6.45, 7) is 0. The molecule has 0 radical (unpaired) electrons. The highest BCUT2D eigenvalue weighted by atomic mass is 16.5. The van der Waals surface area contributed by atoms with Gasteiger partial charge < -0.3 is 4.74 Å². The van der Waals surface area contributed by atoms with Gasteiger partial charge in [-0.05, 0) is 0 Å². The van der Waals surface area contributed by atoms with Gasteiger partial charge in [-0.1, -0.05) is 0 Å². The van der Waals surface area contributed by atoms with Crippen LogP contribution < -0.4 is 0 Å². The zero-order chi connectivity index (χ0) is 4.57. The number of ketones is 1. The minimum Gasteiger partial charge on any atom is -0.373 e. The highest BCUT2D eigenvalue weighted by Gasteiger charge is 2.34. The van der Waals surface area contributed by atoms with E-state index in [-0.39, 0.29) is 11.9 Å². The van der Waals surface area contributed by atoms with Crippen LogP contribution in [0.4, 0.5) is 0 Å². The predicted molar refractivity (Wildman–Crippen MR) is 20.4 cm³/mol. The molecule has 1 atom stereocenters. The van der Waals surface area contributed by atoms with Crippen LogP contribution in [0.15, 0.2) is 0 Å². The molecule has 0 heterocycles. The van der Waals surface area contributed by atoms with Crippen LogP contribution in [0.3, 0.4) is 0 Å². The van der Waals surface area contributed by atoms with E-state index in [4.69, 9.17) is 0 Å². The molecule has 1 saturated carbocycles. The van der Waals surface area contributed by atoms with Crippen molar-refractivity contribution in [2.75, 3.05) is 7.11 Å². The van der Waals surface area contributed by atoms with E-state index in [0.717, 1.165) is 0 Å². The van der Waals surface area contributed by atoms with E-state index in [1.165, 1.54) is 0 Å². The molecule has 1 unspecified atom stereocenters. The van der Waals surface area contributed by atoms with Crippen molar-refractivity contribution in [3.63, 3.8) is 0 Å². The molecule has 34 valence electrons. The predicted octanol–water partition coefficient (Wildman–Crippen LogP) is -0.0258. The van der Waals surface area contributed by atoms with Gasteiger partial charge in [0.25, 0.3) is 0 Å². The number of carbonyl (C=O) groups excluding carboxylic acids is 1. The molecular weight excluding hydrogens is 80.0 g/mol. The van der Waals surface area contributed by atoms with Gasteiger partial charge in [-0.2, -0.15) is 0 Å².